The van der Waals surface area contributed by atoms with Crippen molar-refractivity contribution in [3.05, 3.63) is 83.6 Å². The average molecular weight is 800 g/mol. The second-order valence-corrected chi connectivity index (χ2v) is 17.0. The molecule has 0 radical (unpaired) electrons. The van der Waals surface area contributed by atoms with Crippen molar-refractivity contribution in [2.24, 2.45) is 23.5 Å². The number of aromatic nitrogens is 3. The van der Waals surface area contributed by atoms with Gasteiger partial charge in [0.1, 0.15) is 34.4 Å². The van der Waals surface area contributed by atoms with Gasteiger partial charge in [0.05, 0.1) is 11.6 Å². The van der Waals surface area contributed by atoms with Crippen molar-refractivity contribution in [2.45, 2.75) is 69.9 Å². The number of rotatable bonds is 10. The molecule has 4 aliphatic heterocycles. The van der Waals surface area contributed by atoms with E-state index in [1.165, 1.54) is 0 Å². The van der Waals surface area contributed by atoms with Crippen molar-refractivity contribution in [3.63, 3.8) is 0 Å². The number of carbonyl (C=O) groups excluding carboxylic acids is 4. The molecule has 4 N–H and O–H groups in total. The van der Waals surface area contributed by atoms with Gasteiger partial charge in [-0.15, -0.1) is 0 Å². The fraction of sp³-hybridized carbons (Fsp3) is 0.467. The molecule has 1 saturated carbocycles. The summed E-state index contributed by atoms with van der Waals surface area (Å²) in [6.45, 7) is 4.60. The number of piperidine rings is 2. The summed E-state index contributed by atoms with van der Waals surface area (Å²) < 4.78 is 7.96. The Labute approximate surface area is 344 Å². The van der Waals surface area contributed by atoms with Crippen LogP contribution in [0.3, 0.4) is 0 Å². The van der Waals surface area contributed by atoms with Crippen LogP contribution in [-0.2, 0) is 16.0 Å². The second kappa shape index (κ2) is 16.5. The van der Waals surface area contributed by atoms with Gasteiger partial charge in [-0.2, -0.15) is 5.10 Å². The van der Waals surface area contributed by atoms with Crippen LogP contribution < -0.4 is 21.1 Å². The summed E-state index contributed by atoms with van der Waals surface area (Å²) in [6, 6.07) is 19.6. The quantitative estimate of drug-likeness (QED) is 0.186. The number of anilines is 2. The number of aryl methyl sites for hydroxylation is 1. The molecule has 3 fully saturated rings. The van der Waals surface area contributed by atoms with Crippen molar-refractivity contribution in [2.75, 3.05) is 56.9 Å². The van der Waals surface area contributed by atoms with Crippen LogP contribution in [0.2, 0.25) is 0 Å². The minimum Gasteiger partial charge on any atom is -0.457 e. The number of likely N-dealkylation sites (tertiary alicyclic amines) is 2. The number of benzene rings is 2. The van der Waals surface area contributed by atoms with Crippen molar-refractivity contribution >= 4 is 35.3 Å². The van der Waals surface area contributed by atoms with Crippen LogP contribution in [0.15, 0.2) is 66.9 Å². The molecule has 0 spiro atoms. The van der Waals surface area contributed by atoms with Crippen LogP contribution >= 0.6 is 0 Å². The first-order valence-corrected chi connectivity index (χ1v) is 21.2. The lowest BCUT2D eigenvalue weighted by Gasteiger charge is -2.45. The number of amides is 4. The highest BCUT2D eigenvalue weighted by Crippen LogP contribution is 2.41. The van der Waals surface area contributed by atoms with E-state index in [-0.39, 0.29) is 29.7 Å². The molecule has 4 aromatic rings. The molecule has 0 bridgehead atoms. The molecule has 59 heavy (non-hydrogen) atoms. The number of nitrogens with one attached hydrogen (secondary N) is 2. The van der Waals surface area contributed by atoms with E-state index in [2.05, 4.69) is 32.5 Å². The zero-order chi connectivity index (χ0) is 40.6. The summed E-state index contributed by atoms with van der Waals surface area (Å²) in [6.07, 6.45) is 8.95. The van der Waals surface area contributed by atoms with E-state index in [1.807, 2.05) is 70.2 Å². The molecule has 14 heteroatoms. The van der Waals surface area contributed by atoms with Gasteiger partial charge in [0.2, 0.25) is 11.8 Å². The first kappa shape index (κ1) is 38.7. The van der Waals surface area contributed by atoms with Gasteiger partial charge < -0.3 is 35.8 Å². The van der Waals surface area contributed by atoms with Crippen molar-refractivity contribution < 1.29 is 23.9 Å². The van der Waals surface area contributed by atoms with E-state index in [0.717, 1.165) is 101 Å². The number of hydrogen-bond acceptors (Lipinski definition) is 9. The lowest BCUT2D eigenvalue weighted by atomic mass is 9.77. The topological polar surface area (TPSA) is 168 Å². The van der Waals surface area contributed by atoms with E-state index in [9.17, 15) is 19.2 Å². The Morgan fingerprint density at radius 1 is 0.898 bits per heavy atom. The van der Waals surface area contributed by atoms with E-state index >= 15 is 0 Å². The highest BCUT2D eigenvalue weighted by Gasteiger charge is 2.42. The predicted octanol–water partition coefficient (Wildman–Crippen LogP) is 5.58. The molecule has 2 saturated heterocycles. The Bertz CT molecular complexity index is 2200. The molecule has 308 valence electrons. The molecular formula is C45H53N9O5. The molecule has 4 amide bonds. The number of fused-ring (bicyclic) bond motifs is 2. The van der Waals surface area contributed by atoms with E-state index in [4.69, 9.17) is 15.6 Å². The zero-order valence-corrected chi connectivity index (χ0v) is 33.6. The maximum atomic E-state index is 13.7. The van der Waals surface area contributed by atoms with Gasteiger partial charge in [0.25, 0.3) is 11.8 Å². The van der Waals surface area contributed by atoms with E-state index in [1.54, 1.807) is 6.20 Å². The lowest BCUT2D eigenvalue weighted by Crippen LogP contribution is -2.52. The number of nitrogens with two attached hydrogens (primary N) is 1. The number of primary amides is 1. The van der Waals surface area contributed by atoms with Gasteiger partial charge >= 0.3 is 0 Å². The van der Waals surface area contributed by atoms with Gasteiger partial charge in [-0.05, 0) is 118 Å². The van der Waals surface area contributed by atoms with Gasteiger partial charge in [-0.3, -0.25) is 19.2 Å². The lowest BCUT2D eigenvalue weighted by molar-refractivity contribution is -0.142. The Hall–Kier alpha value is -5.76. The smallest absolute Gasteiger partial charge is 0.255 e. The van der Waals surface area contributed by atoms with Crippen molar-refractivity contribution in [1.82, 2.24) is 29.5 Å². The maximum absolute atomic E-state index is 13.7. The fourth-order valence-corrected chi connectivity index (χ4v) is 9.82. The standard InChI is InChI=1S/C45H53N9O5/c1-51(27-28-14-19-52(20-15-28)45(58)33-23-31-9-12-38(55)49-42(31)48-26-33)34-24-32(25-34)44(57)53-21-16-29(17-22-53)37-13-18-47-43-39(41(46)56)40(50-54(37)43)30-7-10-36(11-8-30)59-35-5-3-2-4-6-35/h2-8,10-11,23,26,28-29,32,34,37,47H,9,12-22,24-25,27H2,1H3,(H2,46,56)(H,48,49,55). The third kappa shape index (κ3) is 8.02. The molecule has 2 aromatic carbocycles. The number of nitrogens with zero attached hydrogens (tertiary/aromatic N) is 6. The zero-order valence-electron chi connectivity index (χ0n) is 33.6. The Morgan fingerprint density at radius 2 is 1.61 bits per heavy atom. The monoisotopic (exact) mass is 799 g/mol. The predicted molar refractivity (Wildman–Crippen MR) is 223 cm³/mol. The first-order chi connectivity index (χ1) is 28.7. The SMILES string of the molecule is CN(CC1CCN(C(=O)c2cnc3c(c2)CCC(=O)N3)CC1)C1CC(C(=O)N2CCC(C3CCNc4c(C(N)=O)c(-c5ccc(Oc6ccccc6)cc5)nn43)CC2)C1. The molecule has 9 rings (SSSR count). The molecular weight excluding hydrogens is 747 g/mol. The van der Waals surface area contributed by atoms with Gasteiger partial charge in [0, 0.05) is 69.4 Å². The fourth-order valence-electron chi connectivity index (χ4n) is 9.82. The highest BCUT2D eigenvalue weighted by atomic mass is 16.5. The molecule has 1 aliphatic carbocycles. The summed E-state index contributed by atoms with van der Waals surface area (Å²) in [5.41, 5.74) is 9.25. The number of pyridine rings is 1. The first-order valence-electron chi connectivity index (χ1n) is 21.2. The summed E-state index contributed by atoms with van der Waals surface area (Å²) in [5.74, 6) is 3.33. The largest absolute Gasteiger partial charge is 0.457 e. The van der Waals surface area contributed by atoms with Crippen molar-refractivity contribution in [3.8, 4) is 22.8 Å². The molecule has 5 aliphatic rings. The molecule has 2 aromatic heterocycles. The molecule has 6 heterocycles. The number of para-hydroxylation sites is 1. The minimum atomic E-state index is -0.514. The highest BCUT2D eigenvalue weighted by molar-refractivity contribution is 6.04. The summed E-state index contributed by atoms with van der Waals surface area (Å²) >= 11 is 0. The molecule has 1 atom stereocenters. The van der Waals surface area contributed by atoms with Gasteiger partial charge in [-0.25, -0.2) is 9.67 Å². The summed E-state index contributed by atoms with van der Waals surface area (Å²) in [4.78, 5) is 62.3. The van der Waals surface area contributed by atoms with Crippen LogP contribution in [0.4, 0.5) is 11.6 Å². The van der Waals surface area contributed by atoms with Crippen molar-refractivity contribution in [1.29, 1.82) is 0 Å². The third-order valence-electron chi connectivity index (χ3n) is 13.3. The summed E-state index contributed by atoms with van der Waals surface area (Å²) in [7, 11) is 2.18. The Balaban J connectivity index is 0.743. The van der Waals surface area contributed by atoms with Gasteiger partial charge in [-0.1, -0.05) is 18.2 Å². The average Bonchev–Trinajstić information content (AvgIpc) is 3.64. The molecule has 1 unspecified atom stereocenters. The number of ether oxygens (including phenoxy) is 1. The second-order valence-electron chi connectivity index (χ2n) is 17.0. The van der Waals surface area contributed by atoms with E-state index in [0.29, 0.717) is 64.9 Å². The van der Waals surface area contributed by atoms with Crippen LogP contribution in [0.25, 0.3) is 11.3 Å². The Kier molecular flexibility index (Phi) is 10.8. The van der Waals surface area contributed by atoms with Gasteiger partial charge in [0.15, 0.2) is 0 Å². The van der Waals surface area contributed by atoms with Crippen LogP contribution in [-0.4, -0.2) is 105 Å². The Morgan fingerprint density at radius 3 is 2.34 bits per heavy atom. The third-order valence-corrected chi connectivity index (χ3v) is 13.3. The minimum absolute atomic E-state index is 0.00872. The number of carbonyl (C=O) groups is 4. The number of hydrogen-bond donors (Lipinski definition) is 3. The van der Waals surface area contributed by atoms with E-state index < -0.39 is 5.91 Å². The normalized spacial score (nSPS) is 22.1. The van der Waals surface area contributed by atoms with Crippen LogP contribution in [0, 0.1) is 17.8 Å². The molecule has 14 nitrogen and oxygen atoms in total. The van der Waals surface area contributed by atoms with Crippen LogP contribution in [0.5, 0.6) is 11.5 Å². The maximum Gasteiger partial charge on any atom is 0.255 e. The van der Waals surface area contributed by atoms with Crippen LogP contribution in [0.1, 0.15) is 83.7 Å². The summed E-state index contributed by atoms with van der Waals surface area (Å²) in [5, 5.41) is 11.2.